The van der Waals surface area contributed by atoms with E-state index in [4.69, 9.17) is 14.7 Å². The van der Waals surface area contributed by atoms with Crippen molar-refractivity contribution in [1.29, 1.82) is 5.26 Å². The Hall–Kier alpha value is -3.92. The van der Waals surface area contributed by atoms with Crippen LogP contribution in [-0.2, 0) is 4.79 Å². The number of carbonyl (C=O) groups is 1. The zero-order valence-electron chi connectivity index (χ0n) is 17.6. The predicted molar refractivity (Wildman–Crippen MR) is 119 cm³/mol. The number of aromatic nitrogens is 2. The first-order valence-corrected chi connectivity index (χ1v) is 10.7. The summed E-state index contributed by atoms with van der Waals surface area (Å²) in [6, 6.07) is 19.9. The van der Waals surface area contributed by atoms with Crippen LogP contribution in [0.4, 0.5) is 0 Å². The van der Waals surface area contributed by atoms with E-state index >= 15 is 0 Å². The maximum absolute atomic E-state index is 12.3. The van der Waals surface area contributed by atoms with E-state index in [-0.39, 0.29) is 36.2 Å². The third kappa shape index (κ3) is 5.61. The SMILES string of the molecule is N#Cc1nccnc1OC1CCC(NC(=O)COc2ccc(-c3ccccc3)cc2)CC1. The Balaban J connectivity index is 1.20. The monoisotopic (exact) mass is 428 g/mol. The van der Waals surface area contributed by atoms with Crippen molar-refractivity contribution in [3.63, 3.8) is 0 Å². The van der Waals surface area contributed by atoms with Crippen LogP contribution in [0.1, 0.15) is 31.4 Å². The summed E-state index contributed by atoms with van der Waals surface area (Å²) in [5, 5.41) is 12.1. The maximum atomic E-state index is 12.3. The average Bonchev–Trinajstić information content (AvgIpc) is 2.85. The molecule has 0 spiro atoms. The van der Waals surface area contributed by atoms with Gasteiger partial charge in [-0.25, -0.2) is 9.97 Å². The van der Waals surface area contributed by atoms with Crippen LogP contribution in [0.3, 0.4) is 0 Å². The van der Waals surface area contributed by atoms with Gasteiger partial charge in [0.15, 0.2) is 6.61 Å². The van der Waals surface area contributed by atoms with Gasteiger partial charge in [0.1, 0.15) is 17.9 Å². The minimum absolute atomic E-state index is 0.0216. The lowest BCUT2D eigenvalue weighted by molar-refractivity contribution is -0.124. The van der Waals surface area contributed by atoms with Gasteiger partial charge in [0.2, 0.25) is 5.69 Å². The molecule has 2 aromatic carbocycles. The van der Waals surface area contributed by atoms with Gasteiger partial charge in [0, 0.05) is 18.4 Å². The molecule has 1 aliphatic carbocycles. The molecule has 1 heterocycles. The molecular formula is C25H24N4O3. The third-order valence-corrected chi connectivity index (χ3v) is 5.42. The van der Waals surface area contributed by atoms with E-state index < -0.39 is 0 Å². The molecule has 162 valence electrons. The van der Waals surface area contributed by atoms with E-state index in [9.17, 15) is 4.79 Å². The zero-order valence-corrected chi connectivity index (χ0v) is 17.6. The van der Waals surface area contributed by atoms with Gasteiger partial charge >= 0.3 is 0 Å². The van der Waals surface area contributed by atoms with Gasteiger partial charge in [-0.15, -0.1) is 0 Å². The Bertz CT molecular complexity index is 1070. The molecule has 1 saturated carbocycles. The molecule has 7 heteroatoms. The molecule has 1 fully saturated rings. The van der Waals surface area contributed by atoms with Gasteiger partial charge in [-0.05, 0) is 48.9 Å². The summed E-state index contributed by atoms with van der Waals surface area (Å²) >= 11 is 0. The Morgan fingerprint density at radius 1 is 0.969 bits per heavy atom. The number of nitrogens with one attached hydrogen (secondary N) is 1. The predicted octanol–water partition coefficient (Wildman–Crippen LogP) is 3.90. The van der Waals surface area contributed by atoms with E-state index in [0.717, 1.165) is 36.8 Å². The summed E-state index contributed by atoms with van der Waals surface area (Å²) in [4.78, 5) is 20.4. The van der Waals surface area contributed by atoms with Gasteiger partial charge in [-0.2, -0.15) is 5.26 Å². The van der Waals surface area contributed by atoms with Crippen molar-refractivity contribution in [2.24, 2.45) is 0 Å². The molecule has 1 N–H and O–H groups in total. The van der Waals surface area contributed by atoms with E-state index in [2.05, 4.69) is 27.4 Å². The molecule has 32 heavy (non-hydrogen) atoms. The van der Waals surface area contributed by atoms with Crippen LogP contribution in [-0.4, -0.2) is 34.6 Å². The molecular weight excluding hydrogens is 404 g/mol. The lowest BCUT2D eigenvalue weighted by Gasteiger charge is -2.29. The zero-order chi connectivity index (χ0) is 22.2. The first-order chi connectivity index (χ1) is 15.7. The van der Waals surface area contributed by atoms with E-state index in [1.54, 1.807) is 0 Å². The molecule has 1 amide bonds. The highest BCUT2D eigenvalue weighted by atomic mass is 16.5. The van der Waals surface area contributed by atoms with E-state index in [1.807, 2.05) is 48.5 Å². The van der Waals surface area contributed by atoms with Crippen molar-refractivity contribution in [3.8, 4) is 28.8 Å². The highest BCUT2D eigenvalue weighted by Gasteiger charge is 2.25. The van der Waals surface area contributed by atoms with Crippen molar-refractivity contribution in [3.05, 3.63) is 72.7 Å². The molecule has 0 bridgehead atoms. The highest BCUT2D eigenvalue weighted by Crippen LogP contribution is 2.24. The molecule has 0 atom stereocenters. The van der Waals surface area contributed by atoms with Crippen LogP contribution in [0.2, 0.25) is 0 Å². The number of hydrogen-bond donors (Lipinski definition) is 1. The highest BCUT2D eigenvalue weighted by molar-refractivity contribution is 5.77. The first kappa shape index (κ1) is 21.3. The van der Waals surface area contributed by atoms with Crippen molar-refractivity contribution >= 4 is 5.91 Å². The average molecular weight is 428 g/mol. The fourth-order valence-electron chi connectivity index (χ4n) is 3.76. The molecule has 0 saturated heterocycles. The number of rotatable bonds is 7. The number of nitrogens with zero attached hydrogens (tertiary/aromatic N) is 3. The smallest absolute Gasteiger partial charge is 0.258 e. The second-order valence-electron chi connectivity index (χ2n) is 7.66. The molecule has 7 nitrogen and oxygen atoms in total. The standard InChI is InChI=1S/C25H24N4O3/c26-16-23-25(28-15-14-27-23)32-22-12-8-20(9-13-22)29-24(30)17-31-21-10-6-19(7-11-21)18-4-2-1-3-5-18/h1-7,10-11,14-15,20,22H,8-9,12-13,17H2,(H,29,30). The number of ether oxygens (including phenoxy) is 2. The third-order valence-electron chi connectivity index (χ3n) is 5.42. The van der Waals surface area contributed by atoms with Crippen molar-refractivity contribution in [1.82, 2.24) is 15.3 Å². The summed E-state index contributed by atoms with van der Waals surface area (Å²) in [5.74, 6) is 0.797. The summed E-state index contributed by atoms with van der Waals surface area (Å²) in [6.07, 6.45) is 6.08. The Morgan fingerprint density at radius 3 is 2.38 bits per heavy atom. The molecule has 1 aromatic heterocycles. The van der Waals surface area contributed by atoms with Crippen LogP contribution in [0, 0.1) is 11.3 Å². The van der Waals surface area contributed by atoms with Crippen molar-refractivity contribution in [2.75, 3.05) is 6.61 Å². The number of hydrogen-bond acceptors (Lipinski definition) is 6. The fourth-order valence-corrected chi connectivity index (χ4v) is 3.76. The number of amides is 1. The van der Waals surface area contributed by atoms with E-state index in [0.29, 0.717) is 5.75 Å². The normalized spacial score (nSPS) is 17.7. The van der Waals surface area contributed by atoms with Gasteiger partial charge in [0.25, 0.3) is 11.8 Å². The largest absolute Gasteiger partial charge is 0.484 e. The Kier molecular flexibility index (Phi) is 6.93. The Morgan fingerprint density at radius 2 is 1.66 bits per heavy atom. The Labute approximate surface area is 187 Å². The lowest BCUT2D eigenvalue weighted by Crippen LogP contribution is -2.41. The summed E-state index contributed by atoms with van der Waals surface area (Å²) in [6.45, 7) is -0.0216. The summed E-state index contributed by atoms with van der Waals surface area (Å²) in [7, 11) is 0. The van der Waals surface area contributed by atoms with Crippen LogP contribution in [0.25, 0.3) is 11.1 Å². The van der Waals surface area contributed by atoms with Gasteiger partial charge < -0.3 is 14.8 Å². The van der Waals surface area contributed by atoms with Crippen LogP contribution < -0.4 is 14.8 Å². The molecule has 4 rings (SSSR count). The van der Waals surface area contributed by atoms with E-state index in [1.165, 1.54) is 12.4 Å². The van der Waals surface area contributed by atoms with Crippen LogP contribution in [0.5, 0.6) is 11.6 Å². The van der Waals surface area contributed by atoms with Crippen molar-refractivity contribution in [2.45, 2.75) is 37.8 Å². The summed E-state index contributed by atoms with van der Waals surface area (Å²) < 4.78 is 11.5. The lowest BCUT2D eigenvalue weighted by atomic mass is 9.93. The topological polar surface area (TPSA) is 97.1 Å². The number of carbonyl (C=O) groups excluding carboxylic acids is 1. The summed E-state index contributed by atoms with van der Waals surface area (Å²) in [5.41, 5.74) is 2.43. The minimum atomic E-state index is -0.137. The van der Waals surface area contributed by atoms with Gasteiger partial charge in [-0.1, -0.05) is 42.5 Å². The molecule has 0 unspecified atom stereocenters. The maximum Gasteiger partial charge on any atom is 0.258 e. The van der Waals surface area contributed by atoms with Crippen LogP contribution >= 0.6 is 0 Å². The first-order valence-electron chi connectivity index (χ1n) is 10.7. The second kappa shape index (κ2) is 10.4. The molecule has 0 radical (unpaired) electrons. The van der Waals surface area contributed by atoms with Gasteiger partial charge in [-0.3, -0.25) is 4.79 Å². The number of benzene rings is 2. The number of nitriles is 1. The van der Waals surface area contributed by atoms with Crippen LogP contribution in [0.15, 0.2) is 67.0 Å². The fraction of sp³-hybridized carbons (Fsp3) is 0.280. The van der Waals surface area contributed by atoms with Gasteiger partial charge in [0.05, 0.1) is 0 Å². The molecule has 3 aromatic rings. The molecule has 0 aliphatic heterocycles. The quantitative estimate of drug-likeness (QED) is 0.613. The minimum Gasteiger partial charge on any atom is -0.484 e. The molecule has 1 aliphatic rings. The van der Waals surface area contributed by atoms with Crippen molar-refractivity contribution < 1.29 is 14.3 Å². The second-order valence-corrected chi connectivity index (χ2v) is 7.66.